The van der Waals surface area contributed by atoms with Crippen LogP contribution in [0, 0.1) is 5.82 Å². The Labute approximate surface area is 169 Å². The molecule has 1 aliphatic rings. The number of amides is 2. The number of nitrogens with zero attached hydrogens (tertiary/aromatic N) is 1. The van der Waals surface area contributed by atoms with Gasteiger partial charge in [0.2, 0.25) is 10.0 Å². The van der Waals surface area contributed by atoms with E-state index < -0.39 is 21.7 Å². The number of halogens is 1. The zero-order valence-electron chi connectivity index (χ0n) is 15.9. The number of benzene rings is 2. The quantitative estimate of drug-likeness (QED) is 0.772. The molecule has 9 heteroatoms. The molecule has 0 saturated carbocycles. The van der Waals surface area contributed by atoms with E-state index in [1.165, 1.54) is 54.4 Å². The van der Waals surface area contributed by atoms with Crippen molar-refractivity contribution in [2.24, 2.45) is 0 Å². The zero-order valence-corrected chi connectivity index (χ0v) is 16.7. The number of piperidine rings is 1. The Morgan fingerprint density at radius 3 is 2.24 bits per heavy atom. The highest BCUT2D eigenvalue weighted by atomic mass is 32.2. The van der Waals surface area contributed by atoms with E-state index >= 15 is 0 Å². The summed E-state index contributed by atoms with van der Waals surface area (Å²) in [5, 5.41) is 2.47. The predicted octanol–water partition coefficient (Wildman–Crippen LogP) is 1.77. The standard InChI is InChI=1S/C20H22FN3O4S/c1-22-19(25)14-6-8-16(9-7-14)29(27,28)23-15-10-12-24(13-11-15)20(26)17-4-2-3-5-18(17)21/h2-9,15,23H,10-13H2,1H3,(H,22,25). The smallest absolute Gasteiger partial charge is 0.256 e. The van der Waals surface area contributed by atoms with Crippen LogP contribution < -0.4 is 10.0 Å². The summed E-state index contributed by atoms with van der Waals surface area (Å²) in [6, 6.07) is 11.1. The van der Waals surface area contributed by atoms with Gasteiger partial charge in [0.15, 0.2) is 0 Å². The third kappa shape index (κ3) is 4.80. The van der Waals surface area contributed by atoms with Gasteiger partial charge in [-0.25, -0.2) is 17.5 Å². The first-order valence-corrected chi connectivity index (χ1v) is 10.7. The zero-order chi connectivity index (χ0) is 21.0. The van der Waals surface area contributed by atoms with Gasteiger partial charge in [0, 0.05) is 31.7 Å². The van der Waals surface area contributed by atoms with Gasteiger partial charge >= 0.3 is 0 Å². The molecule has 1 fully saturated rings. The summed E-state index contributed by atoms with van der Waals surface area (Å²) in [6.45, 7) is 0.659. The molecule has 7 nitrogen and oxygen atoms in total. The van der Waals surface area contributed by atoms with Gasteiger partial charge in [-0.1, -0.05) is 12.1 Å². The number of carbonyl (C=O) groups is 2. The van der Waals surface area contributed by atoms with Crippen LogP contribution in [0.2, 0.25) is 0 Å². The van der Waals surface area contributed by atoms with Crippen molar-refractivity contribution < 1.29 is 22.4 Å². The van der Waals surface area contributed by atoms with E-state index in [1.54, 1.807) is 6.07 Å². The highest BCUT2D eigenvalue weighted by Crippen LogP contribution is 2.18. The third-order valence-corrected chi connectivity index (χ3v) is 6.40. The maximum atomic E-state index is 13.8. The average Bonchev–Trinajstić information content (AvgIpc) is 2.73. The summed E-state index contributed by atoms with van der Waals surface area (Å²) >= 11 is 0. The normalized spacial score (nSPS) is 15.2. The molecule has 0 unspecified atom stereocenters. The first kappa shape index (κ1) is 20.9. The van der Waals surface area contributed by atoms with Crippen LogP contribution in [0.1, 0.15) is 33.6 Å². The minimum Gasteiger partial charge on any atom is -0.355 e. The topological polar surface area (TPSA) is 95.6 Å². The average molecular weight is 419 g/mol. The molecule has 2 aromatic rings. The van der Waals surface area contributed by atoms with Gasteiger partial charge in [-0.05, 0) is 49.2 Å². The maximum Gasteiger partial charge on any atom is 0.256 e. The predicted molar refractivity (Wildman–Crippen MR) is 105 cm³/mol. The Kier molecular flexibility index (Phi) is 6.29. The second kappa shape index (κ2) is 8.71. The van der Waals surface area contributed by atoms with Crippen molar-refractivity contribution in [1.29, 1.82) is 0 Å². The Bertz CT molecular complexity index is 1000. The van der Waals surface area contributed by atoms with Gasteiger partial charge in [-0.2, -0.15) is 0 Å². The molecule has 2 aromatic carbocycles. The maximum absolute atomic E-state index is 13.8. The minimum absolute atomic E-state index is 0.0164. The van der Waals surface area contributed by atoms with Crippen molar-refractivity contribution in [3.05, 3.63) is 65.5 Å². The number of likely N-dealkylation sites (tertiary alicyclic amines) is 1. The molecule has 0 bridgehead atoms. The van der Waals surface area contributed by atoms with Crippen LogP contribution in [0.4, 0.5) is 4.39 Å². The number of carbonyl (C=O) groups excluding carboxylic acids is 2. The summed E-state index contributed by atoms with van der Waals surface area (Å²) in [5.41, 5.74) is 0.383. The van der Waals surface area contributed by atoms with Crippen LogP contribution in [-0.2, 0) is 10.0 Å². The number of nitrogens with one attached hydrogen (secondary N) is 2. The van der Waals surface area contributed by atoms with Crippen molar-refractivity contribution in [1.82, 2.24) is 14.9 Å². The fourth-order valence-corrected chi connectivity index (χ4v) is 4.53. The molecule has 0 aromatic heterocycles. The van der Waals surface area contributed by atoms with Gasteiger partial charge in [0.25, 0.3) is 11.8 Å². The first-order chi connectivity index (χ1) is 13.8. The second-order valence-electron chi connectivity index (χ2n) is 6.77. The highest BCUT2D eigenvalue weighted by molar-refractivity contribution is 7.89. The molecule has 2 N–H and O–H groups in total. The molecule has 0 radical (unpaired) electrons. The number of hydrogen-bond donors (Lipinski definition) is 2. The molecular weight excluding hydrogens is 397 g/mol. The van der Waals surface area contributed by atoms with Crippen molar-refractivity contribution >= 4 is 21.8 Å². The fraction of sp³-hybridized carbons (Fsp3) is 0.300. The number of rotatable bonds is 5. The van der Waals surface area contributed by atoms with Gasteiger partial charge in [-0.3, -0.25) is 9.59 Å². The summed E-state index contributed by atoms with van der Waals surface area (Å²) in [4.78, 5) is 25.6. The molecule has 1 saturated heterocycles. The molecular formula is C20H22FN3O4S. The minimum atomic E-state index is -3.75. The Hall–Kier alpha value is -2.78. The Balaban J connectivity index is 1.60. The summed E-state index contributed by atoms with van der Waals surface area (Å²) < 4.78 is 41.6. The summed E-state index contributed by atoms with van der Waals surface area (Å²) in [5.74, 6) is -1.26. The van der Waals surface area contributed by atoms with Crippen LogP contribution in [0.15, 0.2) is 53.4 Å². The lowest BCUT2D eigenvalue weighted by molar-refractivity contribution is 0.0706. The summed E-state index contributed by atoms with van der Waals surface area (Å²) in [6.07, 6.45) is 0.853. The lowest BCUT2D eigenvalue weighted by Gasteiger charge is -2.32. The molecule has 0 aliphatic carbocycles. The molecule has 3 rings (SSSR count). The lowest BCUT2D eigenvalue weighted by atomic mass is 10.0. The molecule has 1 aliphatic heterocycles. The Morgan fingerprint density at radius 2 is 1.66 bits per heavy atom. The van der Waals surface area contributed by atoms with E-state index in [0.717, 1.165) is 0 Å². The molecule has 2 amide bonds. The van der Waals surface area contributed by atoms with E-state index in [4.69, 9.17) is 0 Å². The van der Waals surface area contributed by atoms with Crippen LogP contribution in [0.5, 0.6) is 0 Å². The third-order valence-electron chi connectivity index (χ3n) is 4.86. The van der Waals surface area contributed by atoms with Crippen LogP contribution >= 0.6 is 0 Å². The van der Waals surface area contributed by atoms with E-state index in [0.29, 0.717) is 31.5 Å². The van der Waals surface area contributed by atoms with E-state index in [-0.39, 0.29) is 22.4 Å². The summed E-state index contributed by atoms with van der Waals surface area (Å²) in [7, 11) is -2.25. The van der Waals surface area contributed by atoms with Crippen molar-refractivity contribution in [3.63, 3.8) is 0 Å². The highest BCUT2D eigenvalue weighted by Gasteiger charge is 2.28. The van der Waals surface area contributed by atoms with Gasteiger partial charge in [0.05, 0.1) is 10.5 Å². The second-order valence-corrected chi connectivity index (χ2v) is 8.49. The molecule has 1 heterocycles. The molecule has 29 heavy (non-hydrogen) atoms. The first-order valence-electron chi connectivity index (χ1n) is 9.20. The van der Waals surface area contributed by atoms with E-state index in [2.05, 4.69) is 10.0 Å². The monoisotopic (exact) mass is 419 g/mol. The van der Waals surface area contributed by atoms with Crippen LogP contribution in [0.25, 0.3) is 0 Å². The van der Waals surface area contributed by atoms with Gasteiger partial charge in [-0.15, -0.1) is 0 Å². The molecule has 154 valence electrons. The molecule has 0 spiro atoms. The fourth-order valence-electron chi connectivity index (χ4n) is 3.22. The Morgan fingerprint density at radius 1 is 1.03 bits per heavy atom. The van der Waals surface area contributed by atoms with Gasteiger partial charge < -0.3 is 10.2 Å². The number of hydrogen-bond acceptors (Lipinski definition) is 4. The van der Waals surface area contributed by atoms with Crippen molar-refractivity contribution in [3.8, 4) is 0 Å². The van der Waals surface area contributed by atoms with Gasteiger partial charge in [0.1, 0.15) is 5.82 Å². The lowest BCUT2D eigenvalue weighted by Crippen LogP contribution is -2.46. The largest absolute Gasteiger partial charge is 0.355 e. The number of sulfonamides is 1. The SMILES string of the molecule is CNC(=O)c1ccc(S(=O)(=O)NC2CCN(C(=O)c3ccccc3F)CC2)cc1. The van der Waals surface area contributed by atoms with Crippen molar-refractivity contribution in [2.45, 2.75) is 23.8 Å². The van der Waals surface area contributed by atoms with E-state index in [9.17, 15) is 22.4 Å². The van der Waals surface area contributed by atoms with Crippen LogP contribution in [-0.4, -0.2) is 51.3 Å². The van der Waals surface area contributed by atoms with E-state index in [1.807, 2.05) is 0 Å². The molecule has 0 atom stereocenters. The van der Waals surface area contributed by atoms with Crippen molar-refractivity contribution in [2.75, 3.05) is 20.1 Å². The van der Waals surface area contributed by atoms with Crippen LogP contribution in [0.3, 0.4) is 0 Å².